The van der Waals surface area contributed by atoms with E-state index in [1.165, 1.54) is 0 Å². The molecule has 0 radical (unpaired) electrons. The zero-order valence-corrected chi connectivity index (χ0v) is 7.45. The summed E-state index contributed by atoms with van der Waals surface area (Å²) in [7, 11) is 0. The number of halogens is 2. The van der Waals surface area contributed by atoms with Gasteiger partial charge in [-0.3, -0.25) is 0 Å². The van der Waals surface area contributed by atoms with Crippen LogP contribution in [-0.2, 0) is 0 Å². The van der Waals surface area contributed by atoms with E-state index in [1.807, 2.05) is 20.8 Å². The molecule has 0 heterocycles. The first-order chi connectivity index (χ1) is 4.92. The maximum Gasteiger partial charge on any atom is 0.249 e. The molecule has 0 nitrogen and oxygen atoms in total. The lowest BCUT2D eigenvalue weighted by Crippen LogP contribution is -2.48. The topological polar surface area (TPSA) is 0 Å². The maximum atomic E-state index is 12.6. The van der Waals surface area contributed by atoms with E-state index in [0.717, 1.165) is 6.42 Å². The van der Waals surface area contributed by atoms with Gasteiger partial charge in [0, 0.05) is 12.8 Å². The van der Waals surface area contributed by atoms with Gasteiger partial charge in [0.15, 0.2) is 0 Å². The minimum atomic E-state index is -2.36. The van der Waals surface area contributed by atoms with Crippen LogP contribution >= 0.6 is 0 Å². The molecule has 1 aliphatic carbocycles. The molecule has 1 rings (SSSR count). The van der Waals surface area contributed by atoms with Crippen molar-refractivity contribution in [1.29, 1.82) is 0 Å². The second kappa shape index (κ2) is 2.43. The van der Waals surface area contributed by atoms with E-state index in [2.05, 4.69) is 0 Å². The van der Waals surface area contributed by atoms with Crippen molar-refractivity contribution in [2.75, 3.05) is 0 Å². The van der Waals surface area contributed by atoms with Crippen molar-refractivity contribution in [3.05, 3.63) is 0 Å². The second-order valence-electron chi connectivity index (χ2n) is 4.08. The Hall–Kier alpha value is -0.140. The lowest BCUT2D eigenvalue weighted by atomic mass is 9.58. The average Bonchev–Trinajstić information content (AvgIpc) is 1.81. The SMILES string of the molecule is CCC1(C(C)C)CC(F)(F)C1. The van der Waals surface area contributed by atoms with Gasteiger partial charge in [-0.25, -0.2) is 8.78 Å². The first kappa shape index (κ1) is 8.95. The van der Waals surface area contributed by atoms with Crippen molar-refractivity contribution < 1.29 is 8.78 Å². The summed E-state index contributed by atoms with van der Waals surface area (Å²) in [6, 6.07) is 0. The third kappa shape index (κ3) is 1.40. The zero-order valence-electron chi connectivity index (χ0n) is 7.45. The number of hydrogen-bond donors (Lipinski definition) is 0. The minimum Gasteiger partial charge on any atom is -0.207 e. The van der Waals surface area contributed by atoms with E-state index in [4.69, 9.17) is 0 Å². The minimum absolute atomic E-state index is 0.0521. The van der Waals surface area contributed by atoms with Crippen molar-refractivity contribution in [2.24, 2.45) is 11.3 Å². The van der Waals surface area contributed by atoms with E-state index < -0.39 is 5.92 Å². The fraction of sp³-hybridized carbons (Fsp3) is 1.00. The highest BCUT2D eigenvalue weighted by Crippen LogP contribution is 2.57. The third-order valence-electron chi connectivity index (χ3n) is 3.15. The summed E-state index contributed by atoms with van der Waals surface area (Å²) in [6.45, 7) is 6.09. The van der Waals surface area contributed by atoms with Crippen molar-refractivity contribution in [3.63, 3.8) is 0 Å². The molecule has 11 heavy (non-hydrogen) atoms. The van der Waals surface area contributed by atoms with Crippen LogP contribution in [0.5, 0.6) is 0 Å². The summed E-state index contributed by atoms with van der Waals surface area (Å²) in [5, 5.41) is 0. The largest absolute Gasteiger partial charge is 0.249 e. The molecular formula is C9H16F2. The van der Waals surface area contributed by atoms with Gasteiger partial charge in [-0.15, -0.1) is 0 Å². The molecule has 1 aliphatic rings. The predicted octanol–water partition coefficient (Wildman–Crippen LogP) is 3.47. The van der Waals surface area contributed by atoms with Gasteiger partial charge in [-0.2, -0.15) is 0 Å². The van der Waals surface area contributed by atoms with Crippen LogP contribution in [0.2, 0.25) is 0 Å². The van der Waals surface area contributed by atoms with Crippen LogP contribution in [-0.4, -0.2) is 5.92 Å². The Labute approximate surface area is 67.0 Å². The number of alkyl halides is 2. The van der Waals surface area contributed by atoms with Crippen LogP contribution in [0.25, 0.3) is 0 Å². The Balaban J connectivity index is 2.57. The van der Waals surface area contributed by atoms with E-state index >= 15 is 0 Å². The van der Waals surface area contributed by atoms with E-state index in [0.29, 0.717) is 5.92 Å². The molecular weight excluding hydrogens is 146 g/mol. The molecule has 0 saturated heterocycles. The average molecular weight is 162 g/mol. The predicted molar refractivity (Wildman–Crippen MR) is 41.7 cm³/mol. The normalized spacial score (nSPS) is 26.7. The summed E-state index contributed by atoms with van der Waals surface area (Å²) in [5.74, 6) is -1.97. The maximum absolute atomic E-state index is 12.6. The van der Waals surface area contributed by atoms with Crippen molar-refractivity contribution in [3.8, 4) is 0 Å². The molecule has 1 saturated carbocycles. The lowest BCUT2D eigenvalue weighted by Gasteiger charge is -2.50. The van der Waals surface area contributed by atoms with Crippen molar-refractivity contribution in [1.82, 2.24) is 0 Å². The molecule has 66 valence electrons. The summed E-state index contributed by atoms with van der Waals surface area (Å²) < 4.78 is 25.2. The molecule has 0 aliphatic heterocycles. The number of hydrogen-bond acceptors (Lipinski definition) is 0. The smallest absolute Gasteiger partial charge is 0.207 e. The van der Waals surface area contributed by atoms with Crippen LogP contribution in [0.15, 0.2) is 0 Å². The summed E-state index contributed by atoms with van der Waals surface area (Å²) in [6.07, 6.45) is 1.10. The van der Waals surface area contributed by atoms with Gasteiger partial charge in [-0.1, -0.05) is 20.8 Å². The molecule has 1 fully saturated rings. The van der Waals surface area contributed by atoms with Crippen LogP contribution < -0.4 is 0 Å². The van der Waals surface area contributed by atoms with Crippen LogP contribution in [0.4, 0.5) is 8.78 Å². The van der Waals surface area contributed by atoms with E-state index in [9.17, 15) is 8.78 Å². The quantitative estimate of drug-likeness (QED) is 0.583. The fourth-order valence-corrected chi connectivity index (χ4v) is 2.04. The van der Waals surface area contributed by atoms with Gasteiger partial charge in [0.2, 0.25) is 5.92 Å². The molecule has 2 heteroatoms. The Kier molecular flexibility index (Phi) is 1.97. The standard InChI is InChI=1S/C9H16F2/c1-4-8(7(2)3)5-9(10,11)6-8/h7H,4-6H2,1-3H3. The van der Waals surface area contributed by atoms with E-state index in [1.54, 1.807) is 0 Å². The first-order valence-electron chi connectivity index (χ1n) is 4.30. The van der Waals surface area contributed by atoms with Gasteiger partial charge >= 0.3 is 0 Å². The van der Waals surface area contributed by atoms with Gasteiger partial charge < -0.3 is 0 Å². The van der Waals surface area contributed by atoms with Gasteiger partial charge in [-0.05, 0) is 17.8 Å². The molecule has 0 spiro atoms. The third-order valence-corrected chi connectivity index (χ3v) is 3.15. The molecule has 0 aromatic heterocycles. The molecule has 0 N–H and O–H groups in total. The monoisotopic (exact) mass is 162 g/mol. The van der Waals surface area contributed by atoms with Crippen LogP contribution in [0.3, 0.4) is 0 Å². The molecule has 0 bridgehead atoms. The van der Waals surface area contributed by atoms with Gasteiger partial charge in [0.1, 0.15) is 0 Å². The Morgan fingerprint density at radius 1 is 1.27 bits per heavy atom. The number of rotatable bonds is 2. The van der Waals surface area contributed by atoms with Crippen molar-refractivity contribution in [2.45, 2.75) is 46.0 Å². The zero-order chi connectivity index (χ0) is 8.70. The highest BCUT2D eigenvalue weighted by Gasteiger charge is 2.56. The molecule has 0 unspecified atom stereocenters. The Morgan fingerprint density at radius 3 is 1.82 bits per heavy atom. The summed E-state index contributed by atoms with van der Waals surface area (Å²) in [5.41, 5.74) is -0.0521. The molecule has 0 aromatic carbocycles. The highest BCUT2D eigenvalue weighted by molar-refractivity contribution is 4.99. The van der Waals surface area contributed by atoms with Crippen LogP contribution in [0.1, 0.15) is 40.0 Å². The summed E-state index contributed by atoms with van der Waals surface area (Å²) >= 11 is 0. The highest BCUT2D eigenvalue weighted by atomic mass is 19.3. The second-order valence-corrected chi connectivity index (χ2v) is 4.08. The summed E-state index contributed by atoms with van der Waals surface area (Å²) in [4.78, 5) is 0. The van der Waals surface area contributed by atoms with E-state index in [-0.39, 0.29) is 18.3 Å². The molecule has 0 atom stereocenters. The fourth-order valence-electron chi connectivity index (χ4n) is 2.04. The van der Waals surface area contributed by atoms with Gasteiger partial charge in [0.05, 0.1) is 0 Å². The molecule has 0 aromatic rings. The lowest BCUT2D eigenvalue weighted by molar-refractivity contribution is -0.179. The van der Waals surface area contributed by atoms with Gasteiger partial charge in [0.25, 0.3) is 0 Å². The Morgan fingerprint density at radius 2 is 1.73 bits per heavy atom. The molecule has 0 amide bonds. The Bertz CT molecular complexity index is 142. The van der Waals surface area contributed by atoms with Crippen LogP contribution in [0, 0.1) is 11.3 Å². The van der Waals surface area contributed by atoms with Crippen molar-refractivity contribution >= 4 is 0 Å². The first-order valence-corrected chi connectivity index (χ1v) is 4.30.